The lowest BCUT2D eigenvalue weighted by molar-refractivity contribution is -0.131. The fourth-order valence-electron chi connectivity index (χ4n) is 4.71. The molecule has 0 N–H and O–H groups in total. The summed E-state index contributed by atoms with van der Waals surface area (Å²) in [6.07, 6.45) is 3.01. The smallest absolute Gasteiger partial charge is 0.245 e. The summed E-state index contributed by atoms with van der Waals surface area (Å²) in [5.41, 5.74) is 3.97. The molecule has 0 bridgehead atoms. The molecule has 6 heteroatoms. The zero-order chi connectivity index (χ0) is 22.8. The normalized spacial score (nSPS) is 17.5. The van der Waals surface area contributed by atoms with E-state index < -0.39 is 5.38 Å². The van der Waals surface area contributed by atoms with Crippen molar-refractivity contribution in [3.8, 4) is 11.4 Å². The minimum Gasteiger partial charge on any atom is -0.356 e. The van der Waals surface area contributed by atoms with E-state index in [-0.39, 0.29) is 5.91 Å². The number of rotatable bonds is 4. The van der Waals surface area contributed by atoms with Gasteiger partial charge >= 0.3 is 0 Å². The van der Waals surface area contributed by atoms with Gasteiger partial charge in [-0.05, 0) is 24.3 Å². The third-order valence-corrected chi connectivity index (χ3v) is 7.21. The number of carbonyl (C=O) groups is 1. The number of aromatic nitrogens is 2. The average molecular weight is 461 g/mol. The van der Waals surface area contributed by atoms with Crippen LogP contribution < -0.4 is 4.90 Å². The van der Waals surface area contributed by atoms with Gasteiger partial charge in [-0.15, -0.1) is 11.6 Å². The molecule has 2 aliphatic rings. The number of piperidine rings is 1. The van der Waals surface area contributed by atoms with Crippen LogP contribution in [0.2, 0.25) is 0 Å². The largest absolute Gasteiger partial charge is 0.356 e. The van der Waals surface area contributed by atoms with Crippen LogP contribution in [0, 0.1) is 5.92 Å². The first-order valence-electron chi connectivity index (χ1n) is 11.8. The molecule has 1 aromatic heterocycles. The van der Waals surface area contributed by atoms with Gasteiger partial charge in [-0.25, -0.2) is 9.97 Å². The van der Waals surface area contributed by atoms with Crippen LogP contribution in [-0.2, 0) is 17.8 Å². The van der Waals surface area contributed by atoms with Gasteiger partial charge in [0.25, 0.3) is 0 Å². The number of alkyl halides is 1. The molecular formula is C27H29ClN4O. The molecule has 33 heavy (non-hydrogen) atoms. The maximum atomic E-state index is 13.3. The Labute approximate surface area is 200 Å². The van der Waals surface area contributed by atoms with Gasteiger partial charge in [-0.3, -0.25) is 4.79 Å². The first-order valence-corrected chi connectivity index (χ1v) is 12.2. The summed E-state index contributed by atoms with van der Waals surface area (Å²) >= 11 is 6.59. The number of amides is 1. The van der Waals surface area contributed by atoms with Crippen LogP contribution in [0.25, 0.3) is 11.4 Å². The van der Waals surface area contributed by atoms with Crippen molar-refractivity contribution in [2.24, 2.45) is 5.92 Å². The van der Waals surface area contributed by atoms with Crippen molar-refractivity contribution in [3.05, 3.63) is 77.5 Å². The van der Waals surface area contributed by atoms with E-state index in [0.29, 0.717) is 19.5 Å². The van der Waals surface area contributed by atoms with Crippen molar-refractivity contribution in [1.29, 1.82) is 0 Å². The van der Waals surface area contributed by atoms with E-state index in [1.807, 2.05) is 53.4 Å². The summed E-state index contributed by atoms with van der Waals surface area (Å²) in [4.78, 5) is 27.5. The van der Waals surface area contributed by atoms with Crippen molar-refractivity contribution in [2.45, 2.75) is 38.1 Å². The van der Waals surface area contributed by atoms with Gasteiger partial charge < -0.3 is 9.80 Å². The monoisotopic (exact) mass is 460 g/mol. The van der Waals surface area contributed by atoms with Gasteiger partial charge in [0.2, 0.25) is 5.91 Å². The lowest BCUT2D eigenvalue weighted by Gasteiger charge is -2.36. The molecule has 2 aromatic carbocycles. The zero-order valence-corrected chi connectivity index (χ0v) is 19.7. The number of nitrogens with zero attached hydrogens (tertiary/aromatic N) is 4. The van der Waals surface area contributed by atoms with Gasteiger partial charge in [0.15, 0.2) is 5.82 Å². The summed E-state index contributed by atoms with van der Waals surface area (Å²) in [5.74, 6) is 2.42. The number of anilines is 1. The Kier molecular flexibility index (Phi) is 6.32. The third kappa shape index (κ3) is 4.60. The molecule has 3 aromatic rings. The van der Waals surface area contributed by atoms with Gasteiger partial charge in [0.05, 0.1) is 12.2 Å². The van der Waals surface area contributed by atoms with Gasteiger partial charge in [0, 0.05) is 37.2 Å². The van der Waals surface area contributed by atoms with E-state index in [1.165, 1.54) is 0 Å². The predicted octanol–water partition coefficient (Wildman–Crippen LogP) is 5.24. The standard InChI is InChI=1S/C27H29ClN4O/c1-19-12-15-31(16-13-19)26-22-18-32(27(33)24(28)20-8-4-2-5-9-20)17-14-23(22)29-25(30-26)21-10-6-3-7-11-21/h2-11,19,24H,12-18H2,1H3. The van der Waals surface area contributed by atoms with E-state index in [4.69, 9.17) is 21.6 Å². The second-order valence-corrected chi connectivity index (χ2v) is 9.55. The number of carbonyl (C=O) groups excluding carboxylic acids is 1. The molecule has 2 aliphatic heterocycles. The first-order chi connectivity index (χ1) is 16.1. The van der Waals surface area contributed by atoms with Crippen molar-refractivity contribution in [2.75, 3.05) is 24.5 Å². The highest BCUT2D eigenvalue weighted by Gasteiger charge is 2.31. The van der Waals surface area contributed by atoms with Gasteiger partial charge in [-0.2, -0.15) is 0 Å². The van der Waals surface area contributed by atoms with E-state index in [9.17, 15) is 4.79 Å². The molecule has 1 saturated heterocycles. The molecule has 0 spiro atoms. The molecule has 3 heterocycles. The maximum absolute atomic E-state index is 13.3. The molecule has 1 fully saturated rings. The summed E-state index contributed by atoms with van der Waals surface area (Å²) in [6, 6.07) is 19.7. The molecule has 1 atom stereocenters. The number of hydrogen-bond donors (Lipinski definition) is 0. The highest BCUT2D eigenvalue weighted by atomic mass is 35.5. The average Bonchev–Trinajstić information content (AvgIpc) is 2.88. The third-order valence-electron chi connectivity index (χ3n) is 6.77. The summed E-state index contributed by atoms with van der Waals surface area (Å²) in [5, 5.41) is -0.684. The number of benzene rings is 2. The second kappa shape index (κ2) is 9.52. The molecule has 1 amide bonds. The second-order valence-electron chi connectivity index (χ2n) is 9.11. The molecule has 5 rings (SSSR count). The van der Waals surface area contributed by atoms with Crippen LogP contribution in [0.15, 0.2) is 60.7 Å². The van der Waals surface area contributed by atoms with E-state index in [0.717, 1.165) is 65.9 Å². The van der Waals surface area contributed by atoms with Crippen molar-refractivity contribution in [3.63, 3.8) is 0 Å². The fourth-order valence-corrected chi connectivity index (χ4v) is 4.99. The predicted molar refractivity (Wildman–Crippen MR) is 132 cm³/mol. The van der Waals surface area contributed by atoms with Crippen molar-refractivity contribution in [1.82, 2.24) is 14.9 Å². The number of fused-ring (bicyclic) bond motifs is 1. The molecule has 170 valence electrons. The molecule has 1 unspecified atom stereocenters. The van der Waals surface area contributed by atoms with E-state index in [2.05, 4.69) is 24.0 Å². The molecule has 0 saturated carbocycles. The van der Waals surface area contributed by atoms with Crippen LogP contribution in [0.1, 0.15) is 42.0 Å². The van der Waals surface area contributed by atoms with Crippen molar-refractivity contribution >= 4 is 23.3 Å². The highest BCUT2D eigenvalue weighted by molar-refractivity contribution is 6.30. The van der Waals surface area contributed by atoms with Crippen LogP contribution in [-0.4, -0.2) is 40.4 Å². The molecule has 0 aliphatic carbocycles. The minimum absolute atomic E-state index is 0.0566. The Morgan fingerprint density at radius 1 is 0.970 bits per heavy atom. The van der Waals surface area contributed by atoms with Crippen LogP contribution in [0.5, 0.6) is 0 Å². The fraction of sp³-hybridized carbons (Fsp3) is 0.370. The van der Waals surface area contributed by atoms with Crippen LogP contribution >= 0.6 is 11.6 Å². The summed E-state index contributed by atoms with van der Waals surface area (Å²) in [6.45, 7) is 5.39. The highest BCUT2D eigenvalue weighted by Crippen LogP contribution is 2.33. The minimum atomic E-state index is -0.684. The molecular weight excluding hydrogens is 432 g/mol. The quantitative estimate of drug-likeness (QED) is 0.499. The van der Waals surface area contributed by atoms with Crippen LogP contribution in [0.4, 0.5) is 5.82 Å². The van der Waals surface area contributed by atoms with Gasteiger partial charge in [-0.1, -0.05) is 67.6 Å². The molecule has 0 radical (unpaired) electrons. The van der Waals surface area contributed by atoms with Gasteiger partial charge in [0.1, 0.15) is 11.2 Å². The lowest BCUT2D eigenvalue weighted by atomic mass is 9.97. The maximum Gasteiger partial charge on any atom is 0.245 e. The van der Waals surface area contributed by atoms with Crippen molar-refractivity contribution < 1.29 is 4.79 Å². The number of halogens is 1. The first kappa shape index (κ1) is 21.9. The summed E-state index contributed by atoms with van der Waals surface area (Å²) in [7, 11) is 0. The Balaban J connectivity index is 1.48. The Morgan fingerprint density at radius 2 is 1.64 bits per heavy atom. The Hall–Kier alpha value is -2.92. The van der Waals surface area contributed by atoms with E-state index >= 15 is 0 Å². The zero-order valence-electron chi connectivity index (χ0n) is 19.0. The molecule has 5 nitrogen and oxygen atoms in total. The lowest BCUT2D eigenvalue weighted by Crippen LogP contribution is -2.41. The Morgan fingerprint density at radius 3 is 2.33 bits per heavy atom. The number of hydrogen-bond acceptors (Lipinski definition) is 4. The topological polar surface area (TPSA) is 49.3 Å². The Bertz CT molecular complexity index is 1110. The van der Waals surface area contributed by atoms with E-state index in [1.54, 1.807) is 0 Å². The summed E-state index contributed by atoms with van der Waals surface area (Å²) < 4.78 is 0. The van der Waals surface area contributed by atoms with Crippen LogP contribution in [0.3, 0.4) is 0 Å². The SMILES string of the molecule is CC1CCN(c2nc(-c3ccccc3)nc3c2CN(C(=O)C(Cl)c2ccccc2)CC3)CC1.